The molecule has 0 spiro atoms. The standard InChI is InChI=1S/C13H16N4O3/c1-9-12(17(18)19)13(14)16(15-9)7-10-5-3-4-6-11(10)8-20-2/h3-6H,7-8,14H2,1-2H3. The van der Waals surface area contributed by atoms with Gasteiger partial charge in [0.05, 0.1) is 18.1 Å². The van der Waals surface area contributed by atoms with E-state index < -0.39 is 4.92 Å². The number of aryl methyl sites for hydroxylation is 1. The van der Waals surface area contributed by atoms with E-state index in [1.807, 2.05) is 24.3 Å². The van der Waals surface area contributed by atoms with E-state index in [2.05, 4.69) is 5.10 Å². The Morgan fingerprint density at radius 2 is 2.05 bits per heavy atom. The van der Waals surface area contributed by atoms with Gasteiger partial charge in [-0.3, -0.25) is 10.1 Å². The van der Waals surface area contributed by atoms with E-state index >= 15 is 0 Å². The molecule has 0 atom stereocenters. The highest BCUT2D eigenvalue weighted by Gasteiger charge is 2.23. The first-order valence-electron chi connectivity index (χ1n) is 6.07. The third kappa shape index (κ3) is 2.62. The number of nitrogen functional groups attached to an aromatic ring is 1. The Morgan fingerprint density at radius 1 is 1.40 bits per heavy atom. The van der Waals surface area contributed by atoms with Crippen LogP contribution in [0.15, 0.2) is 24.3 Å². The van der Waals surface area contributed by atoms with Crippen molar-refractivity contribution in [3.63, 3.8) is 0 Å². The summed E-state index contributed by atoms with van der Waals surface area (Å²) in [6.07, 6.45) is 0. The van der Waals surface area contributed by atoms with E-state index in [9.17, 15) is 10.1 Å². The Bertz CT molecular complexity index is 637. The molecule has 0 saturated carbocycles. The molecule has 0 bridgehead atoms. The van der Waals surface area contributed by atoms with Gasteiger partial charge < -0.3 is 10.5 Å². The quantitative estimate of drug-likeness (QED) is 0.664. The molecule has 2 N–H and O–H groups in total. The average Bonchev–Trinajstić information content (AvgIpc) is 2.67. The second-order valence-corrected chi connectivity index (χ2v) is 4.44. The van der Waals surface area contributed by atoms with Gasteiger partial charge in [-0.15, -0.1) is 0 Å². The molecule has 0 aliphatic heterocycles. The first kappa shape index (κ1) is 14.0. The summed E-state index contributed by atoms with van der Waals surface area (Å²) in [5.41, 5.74) is 7.97. The van der Waals surface area contributed by atoms with Crippen LogP contribution in [0.25, 0.3) is 0 Å². The van der Waals surface area contributed by atoms with Crippen LogP contribution in [0.4, 0.5) is 11.5 Å². The smallest absolute Gasteiger partial charge is 0.333 e. The highest BCUT2D eigenvalue weighted by molar-refractivity contribution is 5.56. The number of rotatable bonds is 5. The van der Waals surface area contributed by atoms with Gasteiger partial charge in [-0.2, -0.15) is 5.10 Å². The number of hydrogen-bond donors (Lipinski definition) is 1. The van der Waals surface area contributed by atoms with Gasteiger partial charge in [-0.05, 0) is 18.1 Å². The minimum Gasteiger partial charge on any atom is -0.380 e. The number of anilines is 1. The normalized spacial score (nSPS) is 10.7. The molecular formula is C13H16N4O3. The van der Waals surface area contributed by atoms with Crippen LogP contribution in [0.2, 0.25) is 0 Å². The van der Waals surface area contributed by atoms with Crippen molar-refractivity contribution in [1.82, 2.24) is 9.78 Å². The van der Waals surface area contributed by atoms with Crippen molar-refractivity contribution in [3.8, 4) is 0 Å². The number of aromatic nitrogens is 2. The van der Waals surface area contributed by atoms with Gasteiger partial charge >= 0.3 is 5.69 Å². The molecule has 2 aromatic rings. The zero-order valence-corrected chi connectivity index (χ0v) is 11.4. The fraction of sp³-hybridized carbons (Fsp3) is 0.308. The fourth-order valence-electron chi connectivity index (χ4n) is 2.11. The third-order valence-electron chi connectivity index (χ3n) is 3.06. The maximum atomic E-state index is 10.9. The number of ether oxygens (including phenoxy) is 1. The van der Waals surface area contributed by atoms with Crippen LogP contribution in [-0.4, -0.2) is 21.8 Å². The Morgan fingerprint density at radius 3 is 2.60 bits per heavy atom. The van der Waals surface area contributed by atoms with Crippen LogP contribution in [0.5, 0.6) is 0 Å². The van der Waals surface area contributed by atoms with E-state index in [-0.39, 0.29) is 11.5 Å². The predicted molar refractivity (Wildman–Crippen MR) is 74.3 cm³/mol. The van der Waals surface area contributed by atoms with Crippen LogP contribution in [0, 0.1) is 17.0 Å². The van der Waals surface area contributed by atoms with Crippen LogP contribution in [-0.2, 0) is 17.9 Å². The molecule has 106 valence electrons. The van der Waals surface area contributed by atoms with Crippen LogP contribution in [0.1, 0.15) is 16.8 Å². The van der Waals surface area contributed by atoms with E-state index in [1.165, 1.54) is 4.68 Å². The lowest BCUT2D eigenvalue weighted by Gasteiger charge is -2.09. The molecule has 0 aliphatic carbocycles. The van der Waals surface area contributed by atoms with Gasteiger partial charge in [0.2, 0.25) is 5.82 Å². The minimum atomic E-state index is -0.505. The molecule has 0 aliphatic rings. The topological polar surface area (TPSA) is 96.2 Å². The van der Waals surface area contributed by atoms with Crippen molar-refractivity contribution in [2.75, 3.05) is 12.8 Å². The van der Waals surface area contributed by atoms with Crippen LogP contribution in [0.3, 0.4) is 0 Å². The van der Waals surface area contributed by atoms with Crippen LogP contribution < -0.4 is 5.73 Å². The molecule has 0 amide bonds. The predicted octanol–water partition coefficient (Wildman–Crippen LogP) is 1.88. The SMILES string of the molecule is COCc1ccccc1Cn1nc(C)c([N+](=O)[O-])c1N. The first-order chi connectivity index (χ1) is 9.54. The maximum Gasteiger partial charge on any atom is 0.333 e. The summed E-state index contributed by atoms with van der Waals surface area (Å²) in [5, 5.41) is 15.1. The monoisotopic (exact) mass is 276 g/mol. The van der Waals surface area contributed by atoms with Gasteiger partial charge in [0.1, 0.15) is 5.69 Å². The van der Waals surface area contributed by atoms with Gasteiger partial charge in [0, 0.05) is 7.11 Å². The molecule has 1 heterocycles. The van der Waals surface area contributed by atoms with Crippen molar-refractivity contribution in [3.05, 3.63) is 51.2 Å². The molecule has 0 saturated heterocycles. The Balaban J connectivity index is 2.36. The van der Waals surface area contributed by atoms with Crippen molar-refractivity contribution >= 4 is 11.5 Å². The number of benzene rings is 1. The highest BCUT2D eigenvalue weighted by atomic mass is 16.6. The van der Waals surface area contributed by atoms with Crippen molar-refractivity contribution in [2.24, 2.45) is 0 Å². The zero-order chi connectivity index (χ0) is 14.7. The third-order valence-corrected chi connectivity index (χ3v) is 3.06. The highest BCUT2D eigenvalue weighted by Crippen LogP contribution is 2.26. The van der Waals surface area contributed by atoms with E-state index in [4.69, 9.17) is 10.5 Å². The number of methoxy groups -OCH3 is 1. The molecule has 2 rings (SSSR count). The summed E-state index contributed by atoms with van der Waals surface area (Å²) in [6, 6.07) is 7.68. The molecule has 7 nitrogen and oxygen atoms in total. The largest absolute Gasteiger partial charge is 0.380 e. The van der Waals surface area contributed by atoms with Gasteiger partial charge in [-0.25, -0.2) is 4.68 Å². The van der Waals surface area contributed by atoms with Crippen molar-refractivity contribution < 1.29 is 9.66 Å². The molecule has 0 fully saturated rings. The minimum absolute atomic E-state index is 0.0692. The Labute approximate surface area is 116 Å². The molecular weight excluding hydrogens is 260 g/mol. The summed E-state index contributed by atoms with van der Waals surface area (Å²) in [5.74, 6) is 0.0692. The number of hydrogen-bond acceptors (Lipinski definition) is 5. The lowest BCUT2D eigenvalue weighted by atomic mass is 10.1. The first-order valence-corrected chi connectivity index (χ1v) is 6.07. The lowest BCUT2D eigenvalue weighted by Crippen LogP contribution is -2.08. The molecule has 7 heteroatoms. The zero-order valence-electron chi connectivity index (χ0n) is 11.4. The van der Waals surface area contributed by atoms with E-state index in [0.29, 0.717) is 18.8 Å². The Kier molecular flexibility index (Phi) is 3.99. The summed E-state index contributed by atoms with van der Waals surface area (Å²) in [6.45, 7) is 2.42. The molecule has 1 aromatic heterocycles. The maximum absolute atomic E-state index is 10.9. The summed E-state index contributed by atoms with van der Waals surface area (Å²) in [4.78, 5) is 10.4. The van der Waals surface area contributed by atoms with Crippen molar-refractivity contribution in [2.45, 2.75) is 20.1 Å². The second kappa shape index (κ2) is 5.70. The van der Waals surface area contributed by atoms with Gasteiger partial charge in [-0.1, -0.05) is 24.3 Å². The van der Waals surface area contributed by atoms with E-state index in [1.54, 1.807) is 14.0 Å². The number of nitrogens with zero attached hydrogens (tertiary/aromatic N) is 3. The van der Waals surface area contributed by atoms with Crippen LogP contribution >= 0.6 is 0 Å². The van der Waals surface area contributed by atoms with Crippen molar-refractivity contribution in [1.29, 1.82) is 0 Å². The summed E-state index contributed by atoms with van der Waals surface area (Å²) in [7, 11) is 1.62. The second-order valence-electron chi connectivity index (χ2n) is 4.44. The van der Waals surface area contributed by atoms with Gasteiger partial charge in [0.25, 0.3) is 0 Å². The number of nitrogens with two attached hydrogens (primary N) is 1. The fourth-order valence-corrected chi connectivity index (χ4v) is 2.11. The molecule has 20 heavy (non-hydrogen) atoms. The average molecular weight is 276 g/mol. The summed E-state index contributed by atoms with van der Waals surface area (Å²) >= 11 is 0. The molecule has 1 aromatic carbocycles. The molecule has 0 radical (unpaired) electrons. The lowest BCUT2D eigenvalue weighted by molar-refractivity contribution is -0.384. The number of nitro groups is 1. The molecule has 0 unspecified atom stereocenters. The summed E-state index contributed by atoms with van der Waals surface area (Å²) < 4.78 is 6.58. The van der Waals surface area contributed by atoms with E-state index in [0.717, 1.165) is 11.1 Å². The Hall–Kier alpha value is -2.41. The van der Waals surface area contributed by atoms with Gasteiger partial charge in [0.15, 0.2) is 0 Å².